The van der Waals surface area contributed by atoms with E-state index < -0.39 is 0 Å². The number of hydrogen-bond acceptors (Lipinski definition) is 4. The number of nitrogens with one attached hydrogen (secondary N) is 2. The summed E-state index contributed by atoms with van der Waals surface area (Å²) < 4.78 is 5.71. The van der Waals surface area contributed by atoms with Crippen molar-refractivity contribution in [2.45, 2.75) is 25.8 Å². The molecule has 2 N–H and O–H groups in total. The van der Waals surface area contributed by atoms with Crippen LogP contribution in [0.15, 0.2) is 24.3 Å². The molecule has 1 fully saturated rings. The first-order valence-corrected chi connectivity index (χ1v) is 8.50. The minimum atomic E-state index is 0. The summed E-state index contributed by atoms with van der Waals surface area (Å²) in [7, 11) is 4.12. The van der Waals surface area contributed by atoms with Gasteiger partial charge >= 0.3 is 0 Å². The Balaban J connectivity index is 0.00000288. The highest BCUT2D eigenvalue weighted by Crippen LogP contribution is 2.13. The lowest BCUT2D eigenvalue weighted by molar-refractivity contribution is -0.125. The van der Waals surface area contributed by atoms with Gasteiger partial charge < -0.3 is 20.3 Å². The summed E-state index contributed by atoms with van der Waals surface area (Å²) in [4.78, 5) is 14.2. The summed E-state index contributed by atoms with van der Waals surface area (Å²) in [5.74, 6) is 1.15. The minimum absolute atomic E-state index is 0. The second-order valence-electron chi connectivity index (χ2n) is 6.41. The first-order chi connectivity index (χ1) is 11.1. The number of hydrogen-bond donors (Lipinski definition) is 2. The Morgan fingerprint density at radius 3 is 2.60 bits per heavy atom. The number of carbonyl (C=O) groups is 1. The zero-order valence-electron chi connectivity index (χ0n) is 15.1. The number of nitrogens with zero attached hydrogens (tertiary/aromatic N) is 1. The Hall–Kier alpha value is -1.01. The van der Waals surface area contributed by atoms with Crippen LogP contribution < -0.4 is 15.4 Å². The predicted octanol–water partition coefficient (Wildman–Crippen LogP) is 2.48. The van der Waals surface area contributed by atoms with E-state index in [9.17, 15) is 4.79 Å². The summed E-state index contributed by atoms with van der Waals surface area (Å²) in [5.41, 5.74) is 1.10. The molecule has 1 heterocycles. The third-order valence-corrected chi connectivity index (χ3v) is 4.08. The van der Waals surface area contributed by atoms with E-state index in [0.29, 0.717) is 6.54 Å². The van der Waals surface area contributed by atoms with E-state index in [2.05, 4.69) is 29.6 Å². The zero-order valence-corrected chi connectivity index (χ0v) is 16.8. The maximum absolute atomic E-state index is 12.1. The van der Waals surface area contributed by atoms with Gasteiger partial charge in [-0.2, -0.15) is 0 Å². The SMILES string of the molecule is CN(C)CCCOc1ccc(CNC(=O)C2CCCNC2)cc1.Cl.Cl. The summed E-state index contributed by atoms with van der Waals surface area (Å²) in [6, 6.07) is 7.97. The van der Waals surface area contributed by atoms with Crippen LogP contribution in [0.2, 0.25) is 0 Å². The van der Waals surface area contributed by atoms with Crippen LogP contribution in [0.4, 0.5) is 0 Å². The molecule has 1 aromatic rings. The Labute approximate surface area is 163 Å². The molecule has 1 unspecified atom stereocenters. The Bertz CT molecular complexity index is 478. The van der Waals surface area contributed by atoms with Gasteiger partial charge in [-0.15, -0.1) is 24.8 Å². The van der Waals surface area contributed by atoms with Crippen LogP contribution in [0.3, 0.4) is 0 Å². The molecule has 1 aromatic carbocycles. The van der Waals surface area contributed by atoms with E-state index in [0.717, 1.165) is 56.8 Å². The molecular formula is C18H31Cl2N3O2. The van der Waals surface area contributed by atoms with Crippen molar-refractivity contribution >= 4 is 30.7 Å². The fraction of sp³-hybridized carbons (Fsp3) is 0.611. The van der Waals surface area contributed by atoms with Crippen molar-refractivity contribution < 1.29 is 9.53 Å². The van der Waals surface area contributed by atoms with Crippen molar-refractivity contribution in [3.05, 3.63) is 29.8 Å². The van der Waals surface area contributed by atoms with E-state index in [4.69, 9.17) is 4.74 Å². The summed E-state index contributed by atoms with van der Waals surface area (Å²) >= 11 is 0. The van der Waals surface area contributed by atoms with Gasteiger partial charge in [0.15, 0.2) is 0 Å². The quantitative estimate of drug-likeness (QED) is 0.668. The number of ether oxygens (including phenoxy) is 1. The zero-order chi connectivity index (χ0) is 16.5. The number of piperidine rings is 1. The molecule has 1 amide bonds. The normalized spacial score (nSPS) is 16.5. The molecule has 144 valence electrons. The topological polar surface area (TPSA) is 53.6 Å². The third kappa shape index (κ3) is 9.31. The fourth-order valence-corrected chi connectivity index (χ4v) is 2.68. The molecule has 1 aliphatic rings. The highest BCUT2D eigenvalue weighted by atomic mass is 35.5. The van der Waals surface area contributed by atoms with E-state index in [-0.39, 0.29) is 36.6 Å². The van der Waals surface area contributed by atoms with Crippen LogP contribution in [0.25, 0.3) is 0 Å². The van der Waals surface area contributed by atoms with Crippen LogP contribution in [0.1, 0.15) is 24.8 Å². The average molecular weight is 392 g/mol. The van der Waals surface area contributed by atoms with E-state index >= 15 is 0 Å². The molecule has 0 spiro atoms. The predicted molar refractivity (Wildman–Crippen MR) is 107 cm³/mol. The van der Waals surface area contributed by atoms with E-state index in [1.165, 1.54) is 0 Å². The Morgan fingerprint density at radius 1 is 1.28 bits per heavy atom. The van der Waals surface area contributed by atoms with Gasteiger partial charge in [0.05, 0.1) is 12.5 Å². The van der Waals surface area contributed by atoms with Crippen LogP contribution >= 0.6 is 24.8 Å². The third-order valence-electron chi connectivity index (χ3n) is 4.08. The first kappa shape index (κ1) is 24.0. The van der Waals surface area contributed by atoms with Crippen molar-refractivity contribution in [2.24, 2.45) is 5.92 Å². The molecule has 2 rings (SSSR count). The minimum Gasteiger partial charge on any atom is -0.494 e. The molecule has 5 nitrogen and oxygen atoms in total. The van der Waals surface area contributed by atoms with E-state index in [1.54, 1.807) is 0 Å². The Kier molecular flexibility index (Phi) is 12.7. The molecule has 1 atom stereocenters. The number of carbonyl (C=O) groups excluding carboxylic acids is 1. The largest absolute Gasteiger partial charge is 0.494 e. The van der Waals surface area contributed by atoms with Crippen LogP contribution in [0.5, 0.6) is 5.75 Å². The molecule has 0 saturated carbocycles. The van der Waals surface area contributed by atoms with Gasteiger partial charge in [-0.3, -0.25) is 4.79 Å². The molecule has 1 saturated heterocycles. The van der Waals surface area contributed by atoms with Gasteiger partial charge in [0.1, 0.15) is 5.75 Å². The number of benzene rings is 1. The van der Waals surface area contributed by atoms with Crippen molar-refractivity contribution in [1.29, 1.82) is 0 Å². The molecular weight excluding hydrogens is 361 g/mol. The average Bonchev–Trinajstić information content (AvgIpc) is 2.58. The maximum atomic E-state index is 12.1. The maximum Gasteiger partial charge on any atom is 0.224 e. The molecule has 25 heavy (non-hydrogen) atoms. The summed E-state index contributed by atoms with van der Waals surface area (Å²) in [6.07, 6.45) is 3.08. The monoisotopic (exact) mass is 391 g/mol. The van der Waals surface area contributed by atoms with Gasteiger partial charge in [0.25, 0.3) is 0 Å². The van der Waals surface area contributed by atoms with Gasteiger partial charge in [-0.25, -0.2) is 0 Å². The summed E-state index contributed by atoms with van der Waals surface area (Å²) in [5, 5.41) is 6.30. The Morgan fingerprint density at radius 2 is 2.00 bits per heavy atom. The number of amides is 1. The summed E-state index contributed by atoms with van der Waals surface area (Å²) in [6.45, 7) is 4.16. The van der Waals surface area contributed by atoms with E-state index in [1.807, 2.05) is 24.3 Å². The van der Waals surface area contributed by atoms with Crippen molar-refractivity contribution in [2.75, 3.05) is 40.3 Å². The van der Waals surface area contributed by atoms with Crippen molar-refractivity contribution in [1.82, 2.24) is 15.5 Å². The molecule has 0 aliphatic carbocycles. The molecule has 0 aromatic heterocycles. The van der Waals surface area contributed by atoms with Crippen LogP contribution in [-0.2, 0) is 11.3 Å². The van der Waals surface area contributed by atoms with Crippen LogP contribution in [-0.4, -0.2) is 51.1 Å². The van der Waals surface area contributed by atoms with Gasteiger partial charge in [0, 0.05) is 19.6 Å². The standard InChI is InChI=1S/C18H29N3O2.2ClH/c1-21(2)11-4-12-23-17-8-6-15(7-9-17)13-20-18(22)16-5-3-10-19-14-16;;/h6-9,16,19H,3-5,10-14H2,1-2H3,(H,20,22);2*1H. The lowest BCUT2D eigenvalue weighted by Crippen LogP contribution is -2.40. The lowest BCUT2D eigenvalue weighted by atomic mass is 9.99. The highest BCUT2D eigenvalue weighted by Gasteiger charge is 2.20. The second-order valence-corrected chi connectivity index (χ2v) is 6.41. The molecule has 7 heteroatoms. The van der Waals surface area contributed by atoms with Crippen LogP contribution in [0, 0.1) is 5.92 Å². The first-order valence-electron chi connectivity index (χ1n) is 8.50. The smallest absolute Gasteiger partial charge is 0.224 e. The molecule has 1 aliphatic heterocycles. The lowest BCUT2D eigenvalue weighted by Gasteiger charge is -2.21. The fourth-order valence-electron chi connectivity index (χ4n) is 2.68. The number of rotatable bonds is 8. The number of halogens is 2. The molecule has 0 bridgehead atoms. The van der Waals surface area contributed by atoms with Crippen molar-refractivity contribution in [3.63, 3.8) is 0 Å². The van der Waals surface area contributed by atoms with Crippen molar-refractivity contribution in [3.8, 4) is 5.75 Å². The van der Waals surface area contributed by atoms with Gasteiger partial charge in [0.2, 0.25) is 5.91 Å². The highest BCUT2D eigenvalue weighted by molar-refractivity contribution is 5.85. The molecule has 0 radical (unpaired) electrons. The van der Waals surface area contributed by atoms with Gasteiger partial charge in [-0.1, -0.05) is 12.1 Å². The second kappa shape index (κ2) is 13.2. The van der Waals surface area contributed by atoms with Gasteiger partial charge in [-0.05, 0) is 57.6 Å².